The summed E-state index contributed by atoms with van der Waals surface area (Å²) in [6.45, 7) is 5.94. The van der Waals surface area contributed by atoms with Gasteiger partial charge < -0.3 is 18.6 Å². The smallest absolute Gasteiger partial charge is 0.340 e. The molecule has 2 aromatic heterocycles. The van der Waals surface area contributed by atoms with Crippen LogP contribution in [0.4, 0.5) is 0 Å². The molecular weight excluding hydrogens is 428 g/mol. The Hall–Kier alpha value is -3.51. The van der Waals surface area contributed by atoms with Crippen LogP contribution in [0.3, 0.4) is 0 Å². The van der Waals surface area contributed by atoms with Gasteiger partial charge in [-0.2, -0.15) is 0 Å². The van der Waals surface area contributed by atoms with E-state index in [1.54, 1.807) is 31.4 Å². The van der Waals surface area contributed by atoms with Crippen LogP contribution in [0, 0.1) is 13.8 Å². The van der Waals surface area contributed by atoms with Crippen LogP contribution in [0.2, 0.25) is 5.02 Å². The maximum atomic E-state index is 13.3. The fourth-order valence-electron chi connectivity index (χ4n) is 4.05. The molecule has 0 atom stereocenters. The van der Waals surface area contributed by atoms with Gasteiger partial charge in [-0.3, -0.25) is 4.79 Å². The number of nitrogens with zero attached hydrogens (tertiary/aromatic N) is 2. The van der Waals surface area contributed by atoms with Crippen LogP contribution < -0.4 is 0 Å². The lowest BCUT2D eigenvalue weighted by Gasteiger charge is -2.16. The maximum Gasteiger partial charge on any atom is 0.340 e. The van der Waals surface area contributed by atoms with Crippen molar-refractivity contribution in [2.75, 3.05) is 7.11 Å². The molecule has 0 bridgehead atoms. The van der Waals surface area contributed by atoms with E-state index in [2.05, 4.69) is 4.57 Å². The van der Waals surface area contributed by atoms with E-state index >= 15 is 0 Å². The molecule has 3 aromatic rings. The first kappa shape index (κ1) is 21.7. The summed E-state index contributed by atoms with van der Waals surface area (Å²) in [7, 11) is 1.31. The van der Waals surface area contributed by atoms with E-state index in [4.69, 9.17) is 20.8 Å². The number of ether oxygens (including phenoxy) is 1. The fraction of sp³-hybridized carbons (Fsp3) is 0.200. The highest BCUT2D eigenvalue weighted by atomic mass is 35.5. The molecule has 0 unspecified atom stereocenters. The highest BCUT2D eigenvalue weighted by molar-refractivity contribution is 6.30. The van der Waals surface area contributed by atoms with E-state index in [9.17, 15) is 9.59 Å². The fourth-order valence-corrected chi connectivity index (χ4v) is 4.18. The molecule has 1 aliphatic heterocycles. The van der Waals surface area contributed by atoms with Crippen LogP contribution in [0.25, 0.3) is 11.8 Å². The summed E-state index contributed by atoms with van der Waals surface area (Å²) in [6, 6.07) is 13.1. The number of halogens is 1. The van der Waals surface area contributed by atoms with Gasteiger partial charge in [-0.25, -0.2) is 4.79 Å². The van der Waals surface area contributed by atoms with Crippen molar-refractivity contribution in [2.45, 2.75) is 27.3 Å². The number of benzene rings is 1. The van der Waals surface area contributed by atoms with Crippen molar-refractivity contribution in [3.8, 4) is 5.69 Å². The molecule has 1 amide bonds. The number of methoxy groups -OCH3 is 1. The van der Waals surface area contributed by atoms with Gasteiger partial charge in [0.2, 0.25) is 0 Å². The predicted molar refractivity (Wildman–Crippen MR) is 122 cm³/mol. The lowest BCUT2D eigenvalue weighted by atomic mass is 10.0. The van der Waals surface area contributed by atoms with Gasteiger partial charge in [0.1, 0.15) is 5.76 Å². The largest absolute Gasteiger partial charge is 0.467 e. The van der Waals surface area contributed by atoms with Gasteiger partial charge in [0.15, 0.2) is 0 Å². The van der Waals surface area contributed by atoms with Crippen molar-refractivity contribution in [3.05, 3.63) is 93.3 Å². The van der Waals surface area contributed by atoms with Gasteiger partial charge in [-0.15, -0.1) is 0 Å². The predicted octanol–water partition coefficient (Wildman–Crippen LogP) is 5.21. The summed E-state index contributed by atoms with van der Waals surface area (Å²) in [6.07, 6.45) is 3.31. The average Bonchev–Trinajstić information content (AvgIpc) is 3.44. The van der Waals surface area contributed by atoms with E-state index < -0.39 is 5.97 Å². The number of hydrogen-bond donors (Lipinski definition) is 0. The SMILES string of the molecule is COC(=O)C1=C(C)N(Cc2ccco2)C(=O)/C1=C\c1cc(C)n(-c2ccc(Cl)cc2)c1C. The minimum absolute atomic E-state index is 0.235. The molecule has 3 heterocycles. The van der Waals surface area contributed by atoms with Crippen LogP contribution >= 0.6 is 11.6 Å². The summed E-state index contributed by atoms with van der Waals surface area (Å²) in [5, 5.41) is 0.662. The van der Waals surface area contributed by atoms with Crippen molar-refractivity contribution >= 4 is 29.6 Å². The normalized spacial score (nSPS) is 15.2. The molecule has 4 rings (SSSR count). The summed E-state index contributed by atoms with van der Waals surface area (Å²) in [4.78, 5) is 27.5. The number of amides is 1. The van der Waals surface area contributed by atoms with Gasteiger partial charge in [0, 0.05) is 27.8 Å². The first-order valence-corrected chi connectivity index (χ1v) is 10.5. The highest BCUT2D eigenvalue weighted by Gasteiger charge is 2.37. The molecule has 1 aliphatic rings. The van der Waals surface area contributed by atoms with E-state index in [0.717, 1.165) is 22.6 Å². The third-order valence-corrected chi connectivity index (χ3v) is 5.90. The average molecular weight is 451 g/mol. The second-order valence-corrected chi connectivity index (χ2v) is 8.06. The zero-order valence-electron chi connectivity index (χ0n) is 18.3. The monoisotopic (exact) mass is 450 g/mol. The second kappa shape index (κ2) is 8.55. The molecule has 7 heteroatoms. The molecule has 0 spiro atoms. The second-order valence-electron chi connectivity index (χ2n) is 7.62. The van der Waals surface area contributed by atoms with Gasteiger partial charge in [0.25, 0.3) is 5.91 Å². The number of hydrogen-bond acceptors (Lipinski definition) is 4. The lowest BCUT2D eigenvalue weighted by Crippen LogP contribution is -2.24. The van der Waals surface area contributed by atoms with Crippen LogP contribution in [0.1, 0.15) is 29.6 Å². The molecule has 164 valence electrons. The van der Waals surface area contributed by atoms with E-state index in [1.807, 2.05) is 44.2 Å². The molecule has 0 saturated heterocycles. The number of rotatable bonds is 5. The molecule has 0 fully saturated rings. The summed E-state index contributed by atoms with van der Waals surface area (Å²) in [5.74, 6) is -0.185. The molecule has 1 aromatic carbocycles. The molecule has 0 radical (unpaired) electrons. The molecule has 6 nitrogen and oxygen atoms in total. The Kier molecular flexibility index (Phi) is 5.80. The Morgan fingerprint density at radius 2 is 1.88 bits per heavy atom. The number of carbonyl (C=O) groups excluding carboxylic acids is 2. The maximum absolute atomic E-state index is 13.3. The van der Waals surface area contributed by atoms with Gasteiger partial charge in [0.05, 0.1) is 31.1 Å². The minimum atomic E-state index is -0.546. The number of allylic oxidation sites excluding steroid dienone is 1. The zero-order valence-corrected chi connectivity index (χ0v) is 19.1. The first-order chi connectivity index (χ1) is 15.3. The summed E-state index contributed by atoms with van der Waals surface area (Å²) in [5.41, 5.74) is 4.85. The summed E-state index contributed by atoms with van der Waals surface area (Å²) >= 11 is 6.03. The molecule has 32 heavy (non-hydrogen) atoms. The highest BCUT2D eigenvalue weighted by Crippen LogP contribution is 2.34. The van der Waals surface area contributed by atoms with Crippen molar-refractivity contribution in [3.63, 3.8) is 0 Å². The van der Waals surface area contributed by atoms with Crippen LogP contribution in [0.5, 0.6) is 0 Å². The Morgan fingerprint density at radius 1 is 1.16 bits per heavy atom. The first-order valence-electron chi connectivity index (χ1n) is 10.1. The molecule has 0 aliphatic carbocycles. The quantitative estimate of drug-likeness (QED) is 0.395. The number of aryl methyl sites for hydroxylation is 1. The third-order valence-electron chi connectivity index (χ3n) is 5.65. The number of furan rings is 1. The van der Waals surface area contributed by atoms with Crippen LogP contribution in [0.15, 0.2) is 70.0 Å². The van der Waals surface area contributed by atoms with Crippen LogP contribution in [-0.2, 0) is 20.9 Å². The van der Waals surface area contributed by atoms with Crippen molar-refractivity contribution in [1.29, 1.82) is 0 Å². The number of carbonyl (C=O) groups is 2. The minimum Gasteiger partial charge on any atom is -0.467 e. The van der Waals surface area contributed by atoms with Gasteiger partial charge >= 0.3 is 5.97 Å². The van der Waals surface area contributed by atoms with E-state index in [-0.39, 0.29) is 18.0 Å². The third kappa shape index (κ3) is 3.78. The summed E-state index contributed by atoms with van der Waals surface area (Å²) < 4.78 is 12.5. The Morgan fingerprint density at radius 3 is 2.50 bits per heavy atom. The standard InChI is InChI=1S/C25H23ClN2O4/c1-15-12-18(16(2)28(15)20-9-7-19(26)8-10-20)13-22-23(25(30)31-4)17(3)27(24(22)29)14-21-6-5-11-32-21/h5-13H,14H2,1-4H3/b22-13-. The van der Waals surface area contributed by atoms with Gasteiger partial charge in [-0.1, -0.05) is 11.6 Å². The van der Waals surface area contributed by atoms with E-state index in [1.165, 1.54) is 12.0 Å². The Balaban J connectivity index is 1.78. The van der Waals surface area contributed by atoms with Gasteiger partial charge in [-0.05, 0) is 74.9 Å². The van der Waals surface area contributed by atoms with Crippen molar-refractivity contribution in [2.24, 2.45) is 0 Å². The number of esters is 1. The lowest BCUT2D eigenvalue weighted by molar-refractivity contribution is -0.136. The van der Waals surface area contributed by atoms with Crippen molar-refractivity contribution in [1.82, 2.24) is 9.47 Å². The molecule has 0 saturated carbocycles. The van der Waals surface area contributed by atoms with Crippen LogP contribution in [-0.4, -0.2) is 28.5 Å². The Labute approximate surface area is 191 Å². The topological polar surface area (TPSA) is 64.7 Å². The van der Waals surface area contributed by atoms with E-state index in [0.29, 0.717) is 22.1 Å². The Bertz CT molecular complexity index is 1250. The molecular formula is C25H23ClN2O4. The molecule has 0 N–H and O–H groups in total. The van der Waals surface area contributed by atoms with Crippen molar-refractivity contribution < 1.29 is 18.7 Å². The number of aromatic nitrogens is 1. The zero-order chi connectivity index (χ0) is 23.0.